The Hall–Kier alpha value is -2.97. The normalized spacial score (nSPS) is 12.4. The fourth-order valence-electron chi connectivity index (χ4n) is 2.33. The zero-order valence-corrected chi connectivity index (χ0v) is 13.6. The van der Waals surface area contributed by atoms with Gasteiger partial charge >= 0.3 is 0 Å². The molecule has 0 bridgehead atoms. The Labute approximate surface area is 143 Å². The van der Waals surface area contributed by atoms with Crippen LogP contribution in [0, 0.1) is 18.3 Å². The van der Waals surface area contributed by atoms with E-state index in [0.29, 0.717) is 16.5 Å². The number of allylic oxidation sites excluding steroid dienone is 1. The number of pyridine rings is 1. The number of rotatable bonds is 4. The van der Waals surface area contributed by atoms with Gasteiger partial charge in [0.05, 0.1) is 11.6 Å². The molecule has 0 unspecified atom stereocenters. The van der Waals surface area contributed by atoms with E-state index >= 15 is 0 Å². The molecule has 0 aliphatic heterocycles. The molecule has 118 valence electrons. The van der Waals surface area contributed by atoms with Gasteiger partial charge in [-0.05, 0) is 42.3 Å². The number of imidazole rings is 1. The van der Waals surface area contributed by atoms with Gasteiger partial charge in [-0.2, -0.15) is 5.26 Å². The van der Waals surface area contributed by atoms with E-state index in [9.17, 15) is 10.1 Å². The summed E-state index contributed by atoms with van der Waals surface area (Å²) < 4.78 is 0. The molecule has 0 fully saturated rings. The SMILES string of the molecule is Cc1ccnc2nc([C@H](C#N)C(=O)/C=C\c3cccc(Cl)c3)[nH]c12. The number of hydrogen-bond donors (Lipinski definition) is 1. The number of aryl methyl sites for hydroxylation is 1. The van der Waals surface area contributed by atoms with Crippen LogP contribution in [0.3, 0.4) is 0 Å². The Kier molecular flexibility index (Phi) is 4.41. The van der Waals surface area contributed by atoms with Crippen molar-refractivity contribution in [3.8, 4) is 6.07 Å². The highest BCUT2D eigenvalue weighted by molar-refractivity contribution is 6.30. The molecule has 6 heteroatoms. The lowest BCUT2D eigenvalue weighted by Crippen LogP contribution is -2.09. The van der Waals surface area contributed by atoms with Gasteiger partial charge in [0, 0.05) is 11.2 Å². The molecule has 0 saturated carbocycles. The lowest BCUT2D eigenvalue weighted by molar-refractivity contribution is -0.114. The van der Waals surface area contributed by atoms with Crippen molar-refractivity contribution in [2.24, 2.45) is 0 Å². The predicted molar refractivity (Wildman–Crippen MR) is 92.5 cm³/mol. The van der Waals surface area contributed by atoms with Crippen LogP contribution in [0.25, 0.3) is 17.2 Å². The van der Waals surface area contributed by atoms with E-state index in [1.807, 2.05) is 25.1 Å². The average molecular weight is 337 g/mol. The topological polar surface area (TPSA) is 82.4 Å². The number of H-pyrrole nitrogens is 1. The number of hydrogen-bond acceptors (Lipinski definition) is 4. The summed E-state index contributed by atoms with van der Waals surface area (Å²) in [6.45, 7) is 1.91. The Morgan fingerprint density at radius 2 is 2.25 bits per heavy atom. The van der Waals surface area contributed by atoms with Crippen LogP contribution >= 0.6 is 11.6 Å². The zero-order chi connectivity index (χ0) is 17.1. The van der Waals surface area contributed by atoms with Crippen LogP contribution in [0.4, 0.5) is 0 Å². The molecule has 1 atom stereocenters. The molecule has 3 rings (SSSR count). The van der Waals surface area contributed by atoms with E-state index in [1.54, 1.807) is 30.5 Å². The van der Waals surface area contributed by atoms with Crippen LogP contribution in [-0.2, 0) is 4.79 Å². The number of benzene rings is 1. The summed E-state index contributed by atoms with van der Waals surface area (Å²) in [7, 11) is 0. The van der Waals surface area contributed by atoms with E-state index < -0.39 is 5.92 Å². The Morgan fingerprint density at radius 1 is 1.42 bits per heavy atom. The first kappa shape index (κ1) is 15.9. The van der Waals surface area contributed by atoms with Gasteiger partial charge in [0.15, 0.2) is 17.3 Å². The second-order valence-electron chi connectivity index (χ2n) is 5.30. The van der Waals surface area contributed by atoms with E-state index in [2.05, 4.69) is 15.0 Å². The molecule has 3 aromatic rings. The number of fused-ring (bicyclic) bond motifs is 1. The molecule has 5 nitrogen and oxygen atoms in total. The molecule has 24 heavy (non-hydrogen) atoms. The lowest BCUT2D eigenvalue weighted by Gasteiger charge is -2.01. The molecule has 1 aromatic carbocycles. The summed E-state index contributed by atoms with van der Waals surface area (Å²) in [4.78, 5) is 23.8. The molecule has 1 N–H and O–H groups in total. The highest BCUT2D eigenvalue weighted by Crippen LogP contribution is 2.20. The second-order valence-corrected chi connectivity index (χ2v) is 5.74. The first-order valence-corrected chi connectivity index (χ1v) is 7.64. The van der Waals surface area contributed by atoms with Crippen molar-refractivity contribution in [1.29, 1.82) is 5.26 Å². The largest absolute Gasteiger partial charge is 0.339 e. The third-order valence-electron chi connectivity index (χ3n) is 3.59. The standard InChI is InChI=1S/C18H13ClN4O/c1-11-7-8-21-18-16(11)22-17(23-18)14(10-20)15(24)6-5-12-3-2-4-13(19)9-12/h2-9,14H,1H3,(H,21,22,23)/b6-5-/t14-/m1/s1. The van der Waals surface area contributed by atoms with Gasteiger partial charge in [-0.1, -0.05) is 29.8 Å². The van der Waals surface area contributed by atoms with E-state index in [4.69, 9.17) is 11.6 Å². The second kappa shape index (κ2) is 6.65. The van der Waals surface area contributed by atoms with Crippen LogP contribution in [0.15, 0.2) is 42.6 Å². The van der Waals surface area contributed by atoms with Crippen LogP contribution in [0.1, 0.15) is 22.9 Å². The summed E-state index contributed by atoms with van der Waals surface area (Å²) in [5.74, 6) is -1.06. The molecule has 0 spiro atoms. The van der Waals surface area contributed by atoms with E-state index in [-0.39, 0.29) is 5.78 Å². The lowest BCUT2D eigenvalue weighted by atomic mass is 10.0. The van der Waals surface area contributed by atoms with Gasteiger partial charge < -0.3 is 4.98 Å². The minimum absolute atomic E-state index is 0.301. The Balaban J connectivity index is 1.88. The molecular formula is C18H13ClN4O. The summed E-state index contributed by atoms with van der Waals surface area (Å²) in [5, 5.41) is 9.96. The predicted octanol–water partition coefficient (Wildman–Crippen LogP) is 3.81. The van der Waals surface area contributed by atoms with Gasteiger partial charge in [-0.15, -0.1) is 0 Å². The number of carbonyl (C=O) groups is 1. The molecule has 0 saturated heterocycles. The van der Waals surface area contributed by atoms with Gasteiger partial charge in [-0.25, -0.2) is 9.97 Å². The molecule has 0 radical (unpaired) electrons. The Bertz CT molecular complexity index is 984. The number of ketones is 1. The molecular weight excluding hydrogens is 324 g/mol. The van der Waals surface area contributed by atoms with Crippen molar-refractivity contribution in [2.75, 3.05) is 0 Å². The minimum atomic E-state index is -1.01. The molecule has 0 amide bonds. The first-order valence-electron chi connectivity index (χ1n) is 7.27. The maximum Gasteiger partial charge on any atom is 0.180 e. The maximum absolute atomic E-state index is 12.4. The smallest absolute Gasteiger partial charge is 0.180 e. The number of aromatic amines is 1. The van der Waals surface area contributed by atoms with E-state index in [0.717, 1.165) is 16.6 Å². The van der Waals surface area contributed by atoms with Crippen molar-refractivity contribution in [2.45, 2.75) is 12.8 Å². The van der Waals surface area contributed by atoms with Crippen LogP contribution in [-0.4, -0.2) is 20.7 Å². The number of carbonyl (C=O) groups excluding carboxylic acids is 1. The van der Waals surface area contributed by atoms with Crippen LogP contribution in [0.5, 0.6) is 0 Å². The number of halogens is 1. The summed E-state index contributed by atoms with van der Waals surface area (Å²) in [5.41, 5.74) is 2.98. The van der Waals surface area contributed by atoms with Gasteiger partial charge in [-0.3, -0.25) is 4.79 Å². The highest BCUT2D eigenvalue weighted by Gasteiger charge is 2.22. The number of nitriles is 1. The molecule has 0 aliphatic carbocycles. The molecule has 0 aliphatic rings. The Morgan fingerprint density at radius 3 is 2.96 bits per heavy atom. The third-order valence-corrected chi connectivity index (χ3v) is 3.83. The van der Waals surface area contributed by atoms with Crippen molar-refractivity contribution < 1.29 is 4.79 Å². The minimum Gasteiger partial charge on any atom is -0.339 e. The van der Waals surface area contributed by atoms with Gasteiger partial charge in [0.25, 0.3) is 0 Å². The quantitative estimate of drug-likeness (QED) is 0.734. The zero-order valence-electron chi connectivity index (χ0n) is 12.8. The van der Waals surface area contributed by atoms with Crippen molar-refractivity contribution in [1.82, 2.24) is 15.0 Å². The van der Waals surface area contributed by atoms with Gasteiger partial charge in [0.1, 0.15) is 5.82 Å². The number of nitrogens with one attached hydrogen (secondary N) is 1. The monoisotopic (exact) mass is 336 g/mol. The fraction of sp³-hybridized carbons (Fsp3) is 0.111. The van der Waals surface area contributed by atoms with E-state index in [1.165, 1.54) is 6.08 Å². The maximum atomic E-state index is 12.4. The van der Waals surface area contributed by atoms with Crippen molar-refractivity contribution in [3.05, 3.63) is 64.6 Å². The first-order chi connectivity index (χ1) is 11.6. The number of nitrogens with zero attached hydrogens (tertiary/aromatic N) is 3. The molecule has 2 aromatic heterocycles. The van der Waals surface area contributed by atoms with Gasteiger partial charge in [0.2, 0.25) is 0 Å². The van der Waals surface area contributed by atoms with Crippen molar-refractivity contribution >= 4 is 34.6 Å². The van der Waals surface area contributed by atoms with Crippen molar-refractivity contribution in [3.63, 3.8) is 0 Å². The average Bonchev–Trinajstić information content (AvgIpc) is 2.99. The summed E-state index contributed by atoms with van der Waals surface area (Å²) in [6, 6.07) is 10.9. The highest BCUT2D eigenvalue weighted by atomic mass is 35.5. The van der Waals surface area contributed by atoms with Crippen LogP contribution in [0.2, 0.25) is 5.02 Å². The summed E-state index contributed by atoms with van der Waals surface area (Å²) in [6.07, 6.45) is 4.64. The van der Waals surface area contributed by atoms with Crippen LogP contribution < -0.4 is 0 Å². The number of aromatic nitrogens is 3. The molecule has 2 heterocycles. The summed E-state index contributed by atoms with van der Waals surface area (Å²) >= 11 is 5.91. The fourth-order valence-corrected chi connectivity index (χ4v) is 2.53. The third kappa shape index (κ3) is 3.19.